The van der Waals surface area contributed by atoms with Crippen molar-refractivity contribution in [3.8, 4) is 5.75 Å². The number of esters is 1. The van der Waals surface area contributed by atoms with Crippen LogP contribution in [0.1, 0.15) is 18.4 Å². The predicted molar refractivity (Wildman–Crippen MR) is 88.2 cm³/mol. The Bertz CT molecular complexity index is 909. The molecule has 0 aromatic heterocycles. The lowest BCUT2D eigenvalue weighted by Crippen LogP contribution is -2.42. The van der Waals surface area contributed by atoms with E-state index < -0.39 is 52.9 Å². The minimum Gasteiger partial charge on any atom is -0.445 e. The Morgan fingerprint density at radius 2 is 1.52 bits per heavy atom. The van der Waals surface area contributed by atoms with Gasteiger partial charge in [0.2, 0.25) is 34.8 Å². The second-order valence-corrected chi connectivity index (χ2v) is 6.21. The van der Waals surface area contributed by atoms with E-state index in [1.165, 1.54) is 0 Å². The van der Waals surface area contributed by atoms with E-state index in [1.807, 2.05) is 0 Å². The van der Waals surface area contributed by atoms with Crippen molar-refractivity contribution in [2.75, 3.05) is 6.54 Å². The zero-order valence-corrected chi connectivity index (χ0v) is 14.8. The summed E-state index contributed by atoms with van der Waals surface area (Å²) < 4.78 is 76.6. The van der Waals surface area contributed by atoms with E-state index >= 15 is 0 Å². The van der Waals surface area contributed by atoms with Crippen molar-refractivity contribution in [3.05, 3.63) is 65.0 Å². The summed E-state index contributed by atoms with van der Waals surface area (Å²) in [5.41, 5.74) is 0.695. The lowest BCUT2D eigenvalue weighted by Gasteiger charge is -2.22. The molecule has 1 aliphatic rings. The van der Waals surface area contributed by atoms with E-state index in [2.05, 4.69) is 4.74 Å². The van der Waals surface area contributed by atoms with E-state index in [0.717, 1.165) is 4.90 Å². The fourth-order valence-corrected chi connectivity index (χ4v) is 2.88. The average molecular weight is 415 g/mol. The number of ether oxygens (including phenoxy) is 2. The van der Waals surface area contributed by atoms with Gasteiger partial charge >= 0.3 is 12.1 Å². The number of carbonyl (C=O) groups excluding carboxylic acids is 2. The van der Waals surface area contributed by atoms with Crippen molar-refractivity contribution in [2.24, 2.45) is 0 Å². The summed E-state index contributed by atoms with van der Waals surface area (Å²) >= 11 is 0. The van der Waals surface area contributed by atoms with Crippen LogP contribution in [0, 0.1) is 29.1 Å². The highest BCUT2D eigenvalue weighted by Crippen LogP contribution is 2.30. The van der Waals surface area contributed by atoms with E-state index in [0.29, 0.717) is 12.0 Å². The highest BCUT2D eigenvalue weighted by atomic mass is 19.2. The highest BCUT2D eigenvalue weighted by molar-refractivity contribution is 5.83. The fraction of sp³-hybridized carbons (Fsp3) is 0.263. The van der Waals surface area contributed by atoms with Gasteiger partial charge in [0.05, 0.1) is 0 Å². The van der Waals surface area contributed by atoms with Crippen LogP contribution < -0.4 is 4.74 Å². The molecule has 0 radical (unpaired) electrons. The summed E-state index contributed by atoms with van der Waals surface area (Å²) in [7, 11) is 0. The highest BCUT2D eigenvalue weighted by Gasteiger charge is 2.38. The first kappa shape index (κ1) is 20.6. The molecular formula is C19H14F5NO4. The van der Waals surface area contributed by atoms with Gasteiger partial charge in [-0.05, 0) is 18.4 Å². The maximum Gasteiger partial charge on any atom is 0.410 e. The lowest BCUT2D eigenvalue weighted by molar-refractivity contribution is -0.139. The molecular weight excluding hydrogens is 401 g/mol. The summed E-state index contributed by atoms with van der Waals surface area (Å²) in [5, 5.41) is 0. The number of hydrogen-bond donors (Lipinski definition) is 0. The normalized spacial score (nSPS) is 16.0. The van der Waals surface area contributed by atoms with E-state index in [4.69, 9.17) is 4.74 Å². The largest absolute Gasteiger partial charge is 0.445 e. The van der Waals surface area contributed by atoms with Gasteiger partial charge in [-0.2, -0.15) is 8.78 Å². The van der Waals surface area contributed by atoms with E-state index in [-0.39, 0.29) is 19.6 Å². The Kier molecular flexibility index (Phi) is 6.00. The summed E-state index contributed by atoms with van der Waals surface area (Å²) in [5.74, 6) is -14.4. The molecule has 0 bridgehead atoms. The SMILES string of the molecule is O=C(Oc1c(F)c(F)c(F)c(F)c1F)[C@@H]1CCCN1C(=O)OCc1ccccc1. The second-order valence-electron chi connectivity index (χ2n) is 6.21. The van der Waals surface area contributed by atoms with Crippen LogP contribution in [0.2, 0.25) is 0 Å². The van der Waals surface area contributed by atoms with Crippen LogP contribution in [0.3, 0.4) is 0 Å². The monoisotopic (exact) mass is 415 g/mol. The van der Waals surface area contributed by atoms with Gasteiger partial charge in [0, 0.05) is 6.54 Å². The van der Waals surface area contributed by atoms with Crippen LogP contribution in [0.5, 0.6) is 5.75 Å². The van der Waals surface area contributed by atoms with Crippen molar-refractivity contribution < 1.29 is 41.0 Å². The van der Waals surface area contributed by atoms with Gasteiger partial charge in [-0.3, -0.25) is 4.90 Å². The first-order chi connectivity index (χ1) is 13.8. The second kappa shape index (κ2) is 8.46. The molecule has 1 atom stereocenters. The minimum atomic E-state index is -2.37. The molecule has 1 aliphatic heterocycles. The third-order valence-corrected chi connectivity index (χ3v) is 4.34. The summed E-state index contributed by atoms with van der Waals surface area (Å²) in [4.78, 5) is 25.5. The van der Waals surface area contributed by atoms with E-state index in [9.17, 15) is 31.5 Å². The molecule has 0 unspecified atom stereocenters. The third-order valence-electron chi connectivity index (χ3n) is 4.34. The van der Waals surface area contributed by atoms with Crippen LogP contribution in [-0.2, 0) is 16.1 Å². The van der Waals surface area contributed by atoms with Crippen LogP contribution in [-0.4, -0.2) is 29.5 Å². The first-order valence-electron chi connectivity index (χ1n) is 8.51. The van der Waals surface area contributed by atoms with Crippen LogP contribution in [0.25, 0.3) is 0 Å². The Morgan fingerprint density at radius 3 is 2.14 bits per heavy atom. The maximum absolute atomic E-state index is 13.7. The van der Waals surface area contributed by atoms with Gasteiger partial charge in [0.25, 0.3) is 0 Å². The minimum absolute atomic E-state index is 0.0738. The van der Waals surface area contributed by atoms with Gasteiger partial charge < -0.3 is 9.47 Å². The van der Waals surface area contributed by atoms with Crippen LogP contribution >= 0.6 is 0 Å². The molecule has 1 saturated heterocycles. The number of benzene rings is 2. The molecule has 0 aliphatic carbocycles. The van der Waals surface area contributed by atoms with Crippen LogP contribution in [0.4, 0.5) is 26.7 Å². The van der Waals surface area contributed by atoms with Crippen molar-refractivity contribution in [2.45, 2.75) is 25.5 Å². The van der Waals surface area contributed by atoms with Crippen molar-refractivity contribution >= 4 is 12.1 Å². The van der Waals surface area contributed by atoms with Gasteiger partial charge in [0.15, 0.2) is 0 Å². The quantitative estimate of drug-likeness (QED) is 0.248. The van der Waals surface area contributed by atoms with Crippen molar-refractivity contribution in [1.82, 2.24) is 4.90 Å². The zero-order chi connectivity index (χ0) is 21.1. The molecule has 154 valence electrons. The molecule has 1 heterocycles. The molecule has 10 heteroatoms. The smallest absolute Gasteiger partial charge is 0.410 e. The molecule has 3 rings (SSSR count). The Hall–Kier alpha value is -3.17. The van der Waals surface area contributed by atoms with Gasteiger partial charge in [-0.25, -0.2) is 22.8 Å². The van der Waals surface area contributed by atoms with Gasteiger partial charge in [-0.1, -0.05) is 30.3 Å². The Balaban J connectivity index is 1.71. The zero-order valence-electron chi connectivity index (χ0n) is 14.8. The van der Waals surface area contributed by atoms with Crippen molar-refractivity contribution in [3.63, 3.8) is 0 Å². The summed E-state index contributed by atoms with van der Waals surface area (Å²) in [6.45, 7) is 0.0279. The topological polar surface area (TPSA) is 55.8 Å². The fourth-order valence-electron chi connectivity index (χ4n) is 2.88. The maximum atomic E-state index is 13.7. The van der Waals surface area contributed by atoms with E-state index in [1.54, 1.807) is 30.3 Å². The number of hydrogen-bond acceptors (Lipinski definition) is 4. The molecule has 2 aromatic carbocycles. The standard InChI is InChI=1S/C19H14F5NO4/c20-12-13(21)15(23)17(16(24)14(12)22)29-18(26)11-7-4-8-25(11)19(27)28-9-10-5-2-1-3-6-10/h1-3,5-6,11H,4,7-9H2/t11-/m0/s1. The first-order valence-corrected chi connectivity index (χ1v) is 8.51. The lowest BCUT2D eigenvalue weighted by atomic mass is 10.2. The summed E-state index contributed by atoms with van der Waals surface area (Å²) in [6, 6.07) is 7.40. The number of rotatable bonds is 4. The Morgan fingerprint density at radius 1 is 0.931 bits per heavy atom. The van der Waals surface area contributed by atoms with Crippen molar-refractivity contribution in [1.29, 1.82) is 0 Å². The molecule has 29 heavy (non-hydrogen) atoms. The number of halogens is 5. The average Bonchev–Trinajstić information content (AvgIpc) is 3.23. The van der Waals surface area contributed by atoms with Gasteiger partial charge in [-0.15, -0.1) is 0 Å². The number of amides is 1. The molecule has 1 fully saturated rings. The predicted octanol–water partition coefficient (Wildman–Crippen LogP) is 4.09. The third kappa shape index (κ3) is 4.15. The molecule has 0 N–H and O–H groups in total. The van der Waals surface area contributed by atoms with Gasteiger partial charge in [0.1, 0.15) is 12.6 Å². The number of likely N-dealkylation sites (tertiary alicyclic amines) is 1. The molecule has 5 nitrogen and oxygen atoms in total. The Labute approximate surface area is 161 Å². The molecule has 1 amide bonds. The number of nitrogens with zero attached hydrogens (tertiary/aromatic N) is 1. The number of carbonyl (C=O) groups is 2. The summed E-state index contributed by atoms with van der Waals surface area (Å²) in [6.07, 6.45) is -0.433. The molecule has 2 aromatic rings. The molecule has 0 saturated carbocycles. The van der Waals surface area contributed by atoms with Crippen LogP contribution in [0.15, 0.2) is 30.3 Å². The molecule has 0 spiro atoms.